The summed E-state index contributed by atoms with van der Waals surface area (Å²) in [6.07, 6.45) is 0. The zero-order valence-electron chi connectivity index (χ0n) is 6.34. The molecule has 0 aliphatic carbocycles. The van der Waals surface area contributed by atoms with Crippen molar-refractivity contribution in [2.45, 2.75) is 0 Å². The summed E-state index contributed by atoms with van der Waals surface area (Å²) in [5.41, 5.74) is 0.0628. The molecule has 0 fully saturated rings. The standard InChI is InChI=1S/C8H6FNO2/c1-12-8-3-7(11)6(9)2-5(8)4-10/h2-3,11H,1H3. The van der Waals surface area contributed by atoms with Crippen LogP contribution in [0, 0.1) is 17.1 Å². The van der Waals surface area contributed by atoms with Gasteiger partial charge in [0.05, 0.1) is 12.7 Å². The second-order valence-electron chi connectivity index (χ2n) is 2.12. The zero-order valence-corrected chi connectivity index (χ0v) is 6.34. The number of nitriles is 1. The van der Waals surface area contributed by atoms with E-state index in [2.05, 4.69) is 0 Å². The van der Waals surface area contributed by atoms with Gasteiger partial charge >= 0.3 is 0 Å². The Bertz CT molecular complexity index is 344. The lowest BCUT2D eigenvalue weighted by molar-refractivity contribution is 0.396. The predicted octanol–water partition coefficient (Wildman–Crippen LogP) is 1.41. The largest absolute Gasteiger partial charge is 0.505 e. The molecule has 1 aromatic carbocycles. The third kappa shape index (κ3) is 1.30. The van der Waals surface area contributed by atoms with Crippen LogP contribution < -0.4 is 4.74 Å². The molecule has 0 spiro atoms. The van der Waals surface area contributed by atoms with Gasteiger partial charge in [-0.1, -0.05) is 0 Å². The molecule has 0 aliphatic rings. The molecule has 0 atom stereocenters. The van der Waals surface area contributed by atoms with Crippen LogP contribution in [0.3, 0.4) is 0 Å². The smallest absolute Gasteiger partial charge is 0.166 e. The topological polar surface area (TPSA) is 53.2 Å². The van der Waals surface area contributed by atoms with Crippen LogP contribution in [-0.4, -0.2) is 12.2 Å². The number of ether oxygens (including phenoxy) is 1. The molecule has 1 aromatic rings. The first kappa shape index (κ1) is 8.34. The molecule has 0 saturated heterocycles. The minimum absolute atomic E-state index is 0.0628. The zero-order chi connectivity index (χ0) is 9.14. The number of hydrogen-bond acceptors (Lipinski definition) is 3. The van der Waals surface area contributed by atoms with E-state index in [1.807, 2.05) is 0 Å². The van der Waals surface area contributed by atoms with E-state index < -0.39 is 11.6 Å². The molecule has 1 N–H and O–H groups in total. The van der Waals surface area contributed by atoms with Crippen molar-refractivity contribution in [3.63, 3.8) is 0 Å². The van der Waals surface area contributed by atoms with Crippen LogP contribution >= 0.6 is 0 Å². The monoisotopic (exact) mass is 167 g/mol. The van der Waals surface area contributed by atoms with E-state index in [1.165, 1.54) is 7.11 Å². The quantitative estimate of drug-likeness (QED) is 0.688. The molecule has 62 valence electrons. The van der Waals surface area contributed by atoms with Gasteiger partial charge in [-0.2, -0.15) is 5.26 Å². The Morgan fingerprint density at radius 3 is 2.75 bits per heavy atom. The molecule has 0 bridgehead atoms. The predicted molar refractivity (Wildman–Crippen MR) is 39.3 cm³/mol. The fourth-order valence-electron chi connectivity index (χ4n) is 0.799. The highest BCUT2D eigenvalue weighted by Gasteiger charge is 2.08. The Labute approximate surface area is 68.6 Å². The van der Waals surface area contributed by atoms with Crippen molar-refractivity contribution in [2.75, 3.05) is 7.11 Å². The summed E-state index contributed by atoms with van der Waals surface area (Å²) < 4.78 is 17.3. The van der Waals surface area contributed by atoms with Crippen molar-refractivity contribution in [3.05, 3.63) is 23.5 Å². The number of phenols is 1. The van der Waals surface area contributed by atoms with Crippen LogP contribution in [0.4, 0.5) is 4.39 Å². The number of benzene rings is 1. The molecular weight excluding hydrogens is 161 g/mol. The van der Waals surface area contributed by atoms with Crippen LogP contribution in [0.2, 0.25) is 0 Å². The van der Waals surface area contributed by atoms with Crippen molar-refractivity contribution >= 4 is 0 Å². The first-order valence-electron chi connectivity index (χ1n) is 3.15. The maximum Gasteiger partial charge on any atom is 0.166 e. The van der Waals surface area contributed by atoms with Crippen LogP contribution in [0.5, 0.6) is 11.5 Å². The average molecular weight is 167 g/mol. The second kappa shape index (κ2) is 3.09. The number of halogens is 1. The molecular formula is C8H6FNO2. The number of aromatic hydroxyl groups is 1. The lowest BCUT2D eigenvalue weighted by atomic mass is 10.2. The molecule has 12 heavy (non-hydrogen) atoms. The third-order valence-corrected chi connectivity index (χ3v) is 1.39. The Morgan fingerprint density at radius 1 is 1.58 bits per heavy atom. The molecule has 0 heterocycles. The molecule has 0 aromatic heterocycles. The number of methoxy groups -OCH3 is 1. The minimum Gasteiger partial charge on any atom is -0.505 e. The van der Waals surface area contributed by atoms with Crippen molar-refractivity contribution < 1.29 is 14.2 Å². The summed E-state index contributed by atoms with van der Waals surface area (Å²) in [5, 5.41) is 17.4. The van der Waals surface area contributed by atoms with Crippen molar-refractivity contribution in [1.29, 1.82) is 5.26 Å². The van der Waals surface area contributed by atoms with E-state index in [9.17, 15) is 4.39 Å². The number of nitrogens with zero attached hydrogens (tertiary/aromatic N) is 1. The fourth-order valence-corrected chi connectivity index (χ4v) is 0.799. The van der Waals surface area contributed by atoms with E-state index >= 15 is 0 Å². The molecule has 0 aliphatic heterocycles. The van der Waals surface area contributed by atoms with Gasteiger partial charge in [0.2, 0.25) is 0 Å². The van der Waals surface area contributed by atoms with Crippen LogP contribution in [-0.2, 0) is 0 Å². The Kier molecular flexibility index (Phi) is 2.15. The summed E-state index contributed by atoms with van der Waals surface area (Å²) in [6.45, 7) is 0. The molecule has 0 amide bonds. The minimum atomic E-state index is -0.827. The van der Waals surface area contributed by atoms with Gasteiger partial charge in [0.25, 0.3) is 0 Å². The first-order chi connectivity index (χ1) is 5.69. The number of rotatable bonds is 1. The van der Waals surface area contributed by atoms with Crippen LogP contribution in [0.25, 0.3) is 0 Å². The van der Waals surface area contributed by atoms with Crippen LogP contribution in [0.15, 0.2) is 12.1 Å². The maximum atomic E-state index is 12.6. The normalized spacial score (nSPS) is 9.08. The fraction of sp³-hybridized carbons (Fsp3) is 0.125. The first-order valence-corrected chi connectivity index (χ1v) is 3.15. The molecule has 1 rings (SSSR count). The van der Waals surface area contributed by atoms with Crippen molar-refractivity contribution in [1.82, 2.24) is 0 Å². The van der Waals surface area contributed by atoms with E-state index in [4.69, 9.17) is 15.1 Å². The van der Waals surface area contributed by atoms with Gasteiger partial charge in [0.15, 0.2) is 11.6 Å². The molecule has 0 unspecified atom stereocenters. The average Bonchev–Trinajstić information content (AvgIpc) is 2.09. The summed E-state index contributed by atoms with van der Waals surface area (Å²) in [6, 6.07) is 3.73. The van der Waals surface area contributed by atoms with Gasteiger partial charge < -0.3 is 9.84 Å². The van der Waals surface area contributed by atoms with Gasteiger partial charge in [-0.05, 0) is 6.07 Å². The van der Waals surface area contributed by atoms with E-state index in [1.54, 1.807) is 6.07 Å². The Balaban J connectivity index is 3.31. The van der Waals surface area contributed by atoms with Gasteiger partial charge in [0, 0.05) is 6.07 Å². The molecule has 0 radical (unpaired) electrons. The van der Waals surface area contributed by atoms with E-state index in [0.29, 0.717) is 0 Å². The SMILES string of the molecule is COc1cc(O)c(F)cc1C#N. The van der Waals surface area contributed by atoms with Gasteiger partial charge in [-0.3, -0.25) is 0 Å². The third-order valence-electron chi connectivity index (χ3n) is 1.39. The Hall–Kier alpha value is -1.76. The number of hydrogen-bond donors (Lipinski definition) is 1. The highest BCUT2D eigenvalue weighted by atomic mass is 19.1. The molecule has 4 heteroatoms. The van der Waals surface area contributed by atoms with Gasteiger partial charge in [0.1, 0.15) is 11.8 Å². The van der Waals surface area contributed by atoms with Gasteiger partial charge in [-0.25, -0.2) is 4.39 Å². The second-order valence-corrected chi connectivity index (χ2v) is 2.12. The van der Waals surface area contributed by atoms with Gasteiger partial charge in [-0.15, -0.1) is 0 Å². The van der Waals surface area contributed by atoms with E-state index in [0.717, 1.165) is 12.1 Å². The highest BCUT2D eigenvalue weighted by molar-refractivity contribution is 5.47. The van der Waals surface area contributed by atoms with E-state index in [-0.39, 0.29) is 11.3 Å². The van der Waals surface area contributed by atoms with Crippen molar-refractivity contribution in [2.24, 2.45) is 0 Å². The number of phenolic OH excluding ortho intramolecular Hbond substituents is 1. The summed E-state index contributed by atoms with van der Waals surface area (Å²) in [7, 11) is 1.34. The summed E-state index contributed by atoms with van der Waals surface area (Å²) in [4.78, 5) is 0. The molecule has 3 nitrogen and oxygen atoms in total. The van der Waals surface area contributed by atoms with Crippen molar-refractivity contribution in [3.8, 4) is 17.6 Å². The summed E-state index contributed by atoms with van der Waals surface area (Å²) in [5.74, 6) is -1.19. The Morgan fingerprint density at radius 2 is 2.25 bits per heavy atom. The summed E-state index contributed by atoms with van der Waals surface area (Å²) >= 11 is 0. The molecule has 0 saturated carbocycles. The lowest BCUT2D eigenvalue weighted by Gasteiger charge is -2.02. The lowest BCUT2D eigenvalue weighted by Crippen LogP contribution is -1.89. The van der Waals surface area contributed by atoms with Crippen LogP contribution in [0.1, 0.15) is 5.56 Å². The highest BCUT2D eigenvalue weighted by Crippen LogP contribution is 2.25. The maximum absolute atomic E-state index is 12.6.